The fraction of sp³-hybridized carbons (Fsp3) is 0.667. The van der Waals surface area contributed by atoms with Crippen molar-refractivity contribution in [1.82, 2.24) is 4.90 Å². The van der Waals surface area contributed by atoms with Gasteiger partial charge in [-0.05, 0) is 87.2 Å². The van der Waals surface area contributed by atoms with Crippen molar-refractivity contribution in [1.29, 1.82) is 0 Å². The molecule has 1 saturated carbocycles. The molecule has 0 radical (unpaired) electrons. The van der Waals surface area contributed by atoms with Gasteiger partial charge >= 0.3 is 0 Å². The first-order chi connectivity index (χ1) is 9.90. The first-order valence-corrected chi connectivity index (χ1v) is 8.38. The van der Waals surface area contributed by atoms with Crippen molar-refractivity contribution in [3.63, 3.8) is 0 Å². The van der Waals surface area contributed by atoms with E-state index in [1.807, 2.05) is 0 Å². The zero-order valence-corrected chi connectivity index (χ0v) is 12.3. The predicted molar refractivity (Wildman–Crippen MR) is 81.4 cm³/mol. The van der Waals surface area contributed by atoms with E-state index in [1.165, 1.54) is 75.0 Å². The highest BCUT2D eigenvalue weighted by Crippen LogP contribution is 2.54. The number of hydrogen-bond donors (Lipinski definition) is 0. The number of likely N-dealkylation sites (tertiary alicyclic amines) is 1. The summed E-state index contributed by atoms with van der Waals surface area (Å²) in [5.41, 5.74) is 3.02. The van der Waals surface area contributed by atoms with E-state index in [0.717, 1.165) is 18.4 Å². The molecule has 2 heteroatoms. The van der Waals surface area contributed by atoms with E-state index >= 15 is 0 Å². The Morgan fingerprint density at radius 1 is 1.20 bits per heavy atom. The van der Waals surface area contributed by atoms with Crippen LogP contribution in [0.2, 0.25) is 0 Å². The highest BCUT2D eigenvalue weighted by molar-refractivity contribution is 5.43. The summed E-state index contributed by atoms with van der Waals surface area (Å²) in [6, 6.07) is 6.95. The second-order valence-electron chi connectivity index (χ2n) is 6.76. The van der Waals surface area contributed by atoms with Crippen molar-refractivity contribution < 1.29 is 4.74 Å². The molecule has 1 aliphatic carbocycles. The molecule has 0 amide bonds. The Morgan fingerprint density at radius 2 is 2.10 bits per heavy atom. The van der Waals surface area contributed by atoms with Gasteiger partial charge in [-0.15, -0.1) is 0 Å². The molecule has 0 unspecified atom stereocenters. The molecule has 1 aromatic carbocycles. The molecule has 0 aromatic heterocycles. The van der Waals surface area contributed by atoms with Gasteiger partial charge in [0.2, 0.25) is 0 Å². The van der Waals surface area contributed by atoms with E-state index in [4.69, 9.17) is 4.74 Å². The minimum atomic E-state index is 0.811. The summed E-state index contributed by atoms with van der Waals surface area (Å²) in [5.74, 6) is 2.89. The Hall–Kier alpha value is -1.02. The summed E-state index contributed by atoms with van der Waals surface area (Å²) >= 11 is 0. The number of nitrogens with zero attached hydrogens (tertiary/aromatic N) is 1. The highest BCUT2D eigenvalue weighted by atomic mass is 16.5. The third-order valence-corrected chi connectivity index (χ3v) is 5.28. The molecule has 0 spiro atoms. The standard InChI is InChI=1S/C18H25NO/c1-2-9-19(8-1)10-3-4-14-5-6-18-17(12-14)16-13-15(16)7-11-20-18/h5-6,12,15-16H,1-4,7-11,13H2/t15-,16+/m1/s1. The van der Waals surface area contributed by atoms with Crippen LogP contribution in [-0.2, 0) is 6.42 Å². The van der Waals surface area contributed by atoms with E-state index < -0.39 is 0 Å². The van der Waals surface area contributed by atoms with Gasteiger partial charge in [0.25, 0.3) is 0 Å². The minimum absolute atomic E-state index is 0.811. The average molecular weight is 271 g/mol. The maximum atomic E-state index is 5.88. The lowest BCUT2D eigenvalue weighted by molar-refractivity contribution is 0.308. The van der Waals surface area contributed by atoms with Crippen LogP contribution < -0.4 is 4.74 Å². The van der Waals surface area contributed by atoms with Crippen LogP contribution in [-0.4, -0.2) is 31.1 Å². The Labute approximate surface area is 122 Å². The van der Waals surface area contributed by atoms with Gasteiger partial charge in [-0.1, -0.05) is 12.1 Å². The zero-order chi connectivity index (χ0) is 13.4. The van der Waals surface area contributed by atoms with Gasteiger partial charge in [0.15, 0.2) is 0 Å². The SMILES string of the molecule is c1cc2c(cc1CCCN1CCCC1)[C@H]1C[C@H]1CCO2. The molecule has 3 aliphatic rings. The number of aryl methyl sites for hydroxylation is 1. The van der Waals surface area contributed by atoms with Crippen molar-refractivity contribution in [2.45, 2.75) is 44.4 Å². The first-order valence-electron chi connectivity index (χ1n) is 8.38. The molecule has 0 N–H and O–H groups in total. The molecule has 108 valence electrons. The molecule has 0 bridgehead atoms. The topological polar surface area (TPSA) is 12.5 Å². The number of ether oxygens (including phenoxy) is 1. The predicted octanol–water partition coefficient (Wildman–Crippen LogP) is 3.60. The van der Waals surface area contributed by atoms with Gasteiger partial charge in [0, 0.05) is 0 Å². The summed E-state index contributed by atoms with van der Waals surface area (Å²) < 4.78 is 5.88. The van der Waals surface area contributed by atoms with Gasteiger partial charge in [0.1, 0.15) is 5.75 Å². The quantitative estimate of drug-likeness (QED) is 0.829. The Bertz CT molecular complexity index is 478. The van der Waals surface area contributed by atoms with Crippen LogP contribution in [0.25, 0.3) is 0 Å². The fourth-order valence-electron chi connectivity index (χ4n) is 3.96. The molecule has 1 aromatic rings. The van der Waals surface area contributed by atoms with E-state index in [9.17, 15) is 0 Å². The maximum absolute atomic E-state index is 5.88. The lowest BCUT2D eigenvalue weighted by Crippen LogP contribution is -2.20. The average Bonchev–Trinajstić information content (AvgIpc) is 3.08. The van der Waals surface area contributed by atoms with Crippen LogP contribution in [0, 0.1) is 5.92 Å². The van der Waals surface area contributed by atoms with Gasteiger partial charge in [0.05, 0.1) is 6.61 Å². The third kappa shape index (κ3) is 2.58. The smallest absolute Gasteiger partial charge is 0.122 e. The summed E-state index contributed by atoms with van der Waals surface area (Å²) in [6.45, 7) is 4.84. The monoisotopic (exact) mass is 271 g/mol. The van der Waals surface area contributed by atoms with E-state index in [0.29, 0.717) is 0 Å². The molecular weight excluding hydrogens is 246 g/mol. The van der Waals surface area contributed by atoms with Crippen LogP contribution in [0.3, 0.4) is 0 Å². The van der Waals surface area contributed by atoms with E-state index in [-0.39, 0.29) is 0 Å². The first kappa shape index (κ1) is 12.7. The van der Waals surface area contributed by atoms with Crippen LogP contribution >= 0.6 is 0 Å². The minimum Gasteiger partial charge on any atom is -0.493 e. The Kier molecular flexibility index (Phi) is 3.43. The van der Waals surface area contributed by atoms with Gasteiger partial charge < -0.3 is 9.64 Å². The molecule has 4 rings (SSSR count). The third-order valence-electron chi connectivity index (χ3n) is 5.28. The molecule has 2 aliphatic heterocycles. The second kappa shape index (κ2) is 5.40. The Morgan fingerprint density at radius 3 is 3.00 bits per heavy atom. The van der Waals surface area contributed by atoms with Crippen molar-refractivity contribution in [2.24, 2.45) is 5.92 Å². The summed E-state index contributed by atoms with van der Waals surface area (Å²) in [4.78, 5) is 2.61. The molecule has 2 fully saturated rings. The lowest BCUT2D eigenvalue weighted by atomic mass is 10.0. The highest BCUT2D eigenvalue weighted by Gasteiger charge is 2.41. The van der Waals surface area contributed by atoms with Crippen LogP contribution in [0.4, 0.5) is 0 Å². The zero-order valence-electron chi connectivity index (χ0n) is 12.3. The molecule has 20 heavy (non-hydrogen) atoms. The molecule has 2 heterocycles. The van der Waals surface area contributed by atoms with Crippen LogP contribution in [0.5, 0.6) is 5.75 Å². The van der Waals surface area contributed by atoms with Crippen molar-refractivity contribution in [3.05, 3.63) is 29.3 Å². The van der Waals surface area contributed by atoms with Gasteiger partial charge in [-0.3, -0.25) is 0 Å². The van der Waals surface area contributed by atoms with Crippen molar-refractivity contribution in [2.75, 3.05) is 26.2 Å². The lowest BCUT2D eigenvalue weighted by Gasteiger charge is -2.15. The number of rotatable bonds is 4. The number of hydrogen-bond acceptors (Lipinski definition) is 2. The summed E-state index contributed by atoms with van der Waals surface area (Å²) in [6.07, 6.45) is 7.98. The molecule has 2 atom stereocenters. The van der Waals surface area contributed by atoms with Gasteiger partial charge in [-0.25, -0.2) is 0 Å². The second-order valence-corrected chi connectivity index (χ2v) is 6.76. The van der Waals surface area contributed by atoms with E-state index in [1.54, 1.807) is 0 Å². The largest absolute Gasteiger partial charge is 0.493 e. The number of benzene rings is 1. The maximum Gasteiger partial charge on any atom is 0.122 e. The molecule has 2 nitrogen and oxygen atoms in total. The normalized spacial score (nSPS) is 28.4. The van der Waals surface area contributed by atoms with Gasteiger partial charge in [-0.2, -0.15) is 0 Å². The van der Waals surface area contributed by atoms with E-state index in [2.05, 4.69) is 23.1 Å². The summed E-state index contributed by atoms with van der Waals surface area (Å²) in [5, 5.41) is 0. The molecular formula is C18H25NO. The fourth-order valence-corrected chi connectivity index (χ4v) is 3.96. The van der Waals surface area contributed by atoms with Crippen LogP contribution in [0.1, 0.15) is 49.1 Å². The van der Waals surface area contributed by atoms with Crippen molar-refractivity contribution in [3.8, 4) is 5.75 Å². The molecule has 1 saturated heterocycles. The summed E-state index contributed by atoms with van der Waals surface area (Å²) in [7, 11) is 0. The Balaban J connectivity index is 1.39. The van der Waals surface area contributed by atoms with Crippen LogP contribution in [0.15, 0.2) is 18.2 Å². The van der Waals surface area contributed by atoms with Crippen molar-refractivity contribution >= 4 is 0 Å². The number of fused-ring (bicyclic) bond motifs is 3.